The highest BCUT2D eigenvalue weighted by Crippen LogP contribution is 2.13. The lowest BCUT2D eigenvalue weighted by Gasteiger charge is -2.10. The highest BCUT2D eigenvalue weighted by Gasteiger charge is 2.32. The zero-order valence-corrected chi connectivity index (χ0v) is 13.7. The molecule has 0 fully saturated rings. The first-order valence-electron chi connectivity index (χ1n) is 7.47. The number of benzene rings is 1. The third kappa shape index (κ3) is 3.08. The zero-order valence-electron chi connectivity index (χ0n) is 13.7. The molecule has 0 amide bonds. The van der Waals surface area contributed by atoms with Crippen molar-refractivity contribution >= 4 is 23.0 Å². The summed E-state index contributed by atoms with van der Waals surface area (Å²) >= 11 is 0. The number of aromatic nitrogens is 2. The Morgan fingerprint density at radius 1 is 1.12 bits per heavy atom. The van der Waals surface area contributed by atoms with Crippen LogP contribution < -0.4 is 9.46 Å². The van der Waals surface area contributed by atoms with Crippen molar-refractivity contribution in [1.29, 1.82) is 0 Å². The van der Waals surface area contributed by atoms with E-state index in [0.717, 1.165) is 20.0 Å². The molecule has 0 N–H and O–H groups in total. The number of fused-ring (bicyclic) bond motifs is 1. The van der Waals surface area contributed by atoms with E-state index in [0.29, 0.717) is 9.46 Å². The fourth-order valence-corrected chi connectivity index (χ4v) is 2.25. The molecule has 128 valence electrons. The van der Waals surface area contributed by atoms with Gasteiger partial charge in [0.25, 0.3) is 16.7 Å². The maximum Gasteiger partial charge on any atom is 0.411 e. The quantitative estimate of drug-likeness (QED) is 0.351. The van der Waals surface area contributed by atoms with Crippen LogP contribution in [0.4, 0.5) is 0 Å². The maximum absolute atomic E-state index is 12.4. The van der Waals surface area contributed by atoms with Gasteiger partial charge < -0.3 is 19.9 Å². The lowest BCUT2D eigenvalue weighted by molar-refractivity contribution is -0.635. The molecule has 0 saturated carbocycles. The van der Waals surface area contributed by atoms with Crippen molar-refractivity contribution in [1.82, 2.24) is 0 Å². The molecule has 0 aliphatic heterocycles. The van der Waals surface area contributed by atoms with E-state index in [-0.39, 0.29) is 28.9 Å². The van der Waals surface area contributed by atoms with Gasteiger partial charge in [0, 0.05) is 19.1 Å². The summed E-state index contributed by atoms with van der Waals surface area (Å²) in [5.74, 6) is -1.52. The minimum atomic E-state index is -0.926. The third-order valence-electron chi connectivity index (χ3n) is 3.61. The average Bonchev–Trinajstić information content (AvgIpc) is 2.59. The van der Waals surface area contributed by atoms with Crippen LogP contribution in [0.15, 0.2) is 18.2 Å². The van der Waals surface area contributed by atoms with Gasteiger partial charge in [-0.05, 0) is 12.5 Å². The Morgan fingerprint density at radius 2 is 1.83 bits per heavy atom. The Labute approximate surface area is 138 Å². The van der Waals surface area contributed by atoms with Gasteiger partial charge in [-0.1, -0.05) is 13.3 Å². The van der Waals surface area contributed by atoms with Gasteiger partial charge in [0.15, 0.2) is 0 Å². The largest absolute Gasteiger partial charge is 0.618 e. The number of esters is 2. The third-order valence-corrected chi connectivity index (χ3v) is 3.61. The van der Waals surface area contributed by atoms with Crippen LogP contribution >= 0.6 is 0 Å². The van der Waals surface area contributed by atoms with Gasteiger partial charge in [-0.15, -0.1) is 4.73 Å². The van der Waals surface area contributed by atoms with E-state index in [1.807, 2.05) is 6.92 Å². The molecular weight excluding hydrogens is 316 g/mol. The molecule has 1 aromatic heterocycles. The number of unbranched alkanes of at least 4 members (excludes halogenated alkanes) is 1. The zero-order chi connectivity index (χ0) is 17.9. The number of nitrogens with zero attached hydrogens (tertiary/aromatic N) is 2. The molecule has 8 nitrogen and oxygen atoms in total. The van der Waals surface area contributed by atoms with Crippen molar-refractivity contribution in [2.45, 2.75) is 26.7 Å². The van der Waals surface area contributed by atoms with Gasteiger partial charge in [0.1, 0.15) is 0 Å². The molecule has 2 rings (SSSR count). The molecule has 0 radical (unpaired) electrons. The lowest BCUT2D eigenvalue weighted by atomic mass is 10.1. The van der Waals surface area contributed by atoms with Crippen molar-refractivity contribution in [3.8, 4) is 0 Å². The Bertz CT molecular complexity index is 803. The van der Waals surface area contributed by atoms with Crippen LogP contribution in [0.5, 0.6) is 0 Å². The summed E-state index contributed by atoms with van der Waals surface area (Å²) in [4.78, 5) is 23.7. The molecule has 0 bridgehead atoms. The van der Waals surface area contributed by atoms with Gasteiger partial charge in [-0.25, -0.2) is 9.59 Å². The molecule has 1 aromatic carbocycles. The number of rotatable bonds is 5. The fraction of sp³-hybridized carbons (Fsp3) is 0.375. The van der Waals surface area contributed by atoms with Crippen LogP contribution in [0.25, 0.3) is 11.0 Å². The monoisotopic (exact) mass is 334 g/mol. The minimum Gasteiger partial charge on any atom is -0.618 e. The summed E-state index contributed by atoms with van der Waals surface area (Å²) in [5.41, 5.74) is -0.441. The number of carbonyl (C=O) groups excluding carboxylic acids is 2. The maximum atomic E-state index is 12.4. The summed E-state index contributed by atoms with van der Waals surface area (Å²) in [6, 6.07) is 3.99. The molecule has 0 aliphatic rings. The van der Waals surface area contributed by atoms with Gasteiger partial charge >= 0.3 is 17.6 Å². The Hall–Kier alpha value is -2.90. The molecule has 0 saturated heterocycles. The average molecular weight is 334 g/mol. The van der Waals surface area contributed by atoms with Crippen LogP contribution in [0.1, 0.15) is 46.3 Å². The molecular formula is C16H18N2O6. The van der Waals surface area contributed by atoms with E-state index in [1.165, 1.54) is 25.1 Å². The Kier molecular flexibility index (Phi) is 5.18. The van der Waals surface area contributed by atoms with Crippen LogP contribution in [0.3, 0.4) is 0 Å². The first kappa shape index (κ1) is 17.5. The number of ether oxygens (including phenoxy) is 2. The van der Waals surface area contributed by atoms with E-state index < -0.39 is 17.6 Å². The molecule has 1 heterocycles. The fourth-order valence-electron chi connectivity index (χ4n) is 2.25. The van der Waals surface area contributed by atoms with E-state index >= 15 is 0 Å². The second kappa shape index (κ2) is 7.12. The summed E-state index contributed by atoms with van der Waals surface area (Å²) in [6.07, 6.45) is 1.61. The van der Waals surface area contributed by atoms with E-state index in [4.69, 9.17) is 4.74 Å². The van der Waals surface area contributed by atoms with Crippen LogP contribution in [0.2, 0.25) is 0 Å². The molecule has 8 heteroatoms. The Balaban J connectivity index is 2.55. The minimum absolute atomic E-state index is 0.0419. The normalized spacial score (nSPS) is 10.6. The predicted octanol–water partition coefficient (Wildman–Crippen LogP) is 1.16. The van der Waals surface area contributed by atoms with Crippen molar-refractivity contribution in [3.05, 3.63) is 45.6 Å². The second-order valence-corrected chi connectivity index (χ2v) is 5.21. The number of hydrogen-bond donors (Lipinski definition) is 0. The molecule has 0 unspecified atom stereocenters. The molecule has 24 heavy (non-hydrogen) atoms. The number of methoxy groups -OCH3 is 1. The van der Waals surface area contributed by atoms with Crippen molar-refractivity contribution in [2.24, 2.45) is 0 Å². The highest BCUT2D eigenvalue weighted by atomic mass is 16.5. The summed E-state index contributed by atoms with van der Waals surface area (Å²) in [5, 5.41) is 24.7. The summed E-state index contributed by atoms with van der Waals surface area (Å²) < 4.78 is 10.4. The van der Waals surface area contributed by atoms with Crippen molar-refractivity contribution < 1.29 is 28.5 Å². The number of hydrogen-bond acceptors (Lipinski definition) is 6. The van der Waals surface area contributed by atoms with E-state index in [1.54, 1.807) is 0 Å². The van der Waals surface area contributed by atoms with Gasteiger partial charge in [-0.2, -0.15) is 4.73 Å². The number of carbonyl (C=O) groups is 2. The topological polar surface area (TPSA) is 106 Å². The summed E-state index contributed by atoms with van der Waals surface area (Å²) in [7, 11) is 1.11. The molecule has 0 aliphatic carbocycles. The smallest absolute Gasteiger partial charge is 0.411 e. The Morgan fingerprint density at radius 3 is 2.46 bits per heavy atom. The predicted molar refractivity (Wildman–Crippen MR) is 83.1 cm³/mol. The van der Waals surface area contributed by atoms with Crippen molar-refractivity contribution in [3.63, 3.8) is 0 Å². The first-order valence-corrected chi connectivity index (χ1v) is 7.47. The van der Waals surface area contributed by atoms with Gasteiger partial charge in [0.2, 0.25) is 0 Å². The lowest BCUT2D eigenvalue weighted by Crippen LogP contribution is -2.46. The van der Waals surface area contributed by atoms with Gasteiger partial charge in [-0.3, -0.25) is 0 Å². The van der Waals surface area contributed by atoms with Gasteiger partial charge in [0.05, 0.1) is 19.3 Å². The highest BCUT2D eigenvalue weighted by molar-refractivity contribution is 5.93. The SMILES string of the molecule is CCCCOC(=O)c1ccc2c(c1)[n+]([O-])c(C(=O)OC)c(C)[n+]2[O-]. The molecule has 0 spiro atoms. The second-order valence-electron chi connectivity index (χ2n) is 5.21. The van der Waals surface area contributed by atoms with E-state index in [2.05, 4.69) is 4.74 Å². The molecule has 0 atom stereocenters. The van der Waals surface area contributed by atoms with Crippen LogP contribution in [-0.4, -0.2) is 25.7 Å². The van der Waals surface area contributed by atoms with Crippen LogP contribution in [-0.2, 0) is 9.47 Å². The van der Waals surface area contributed by atoms with Crippen LogP contribution in [0, 0.1) is 17.3 Å². The summed E-state index contributed by atoms with van der Waals surface area (Å²) in [6.45, 7) is 3.58. The standard InChI is InChI=1S/C16H18N2O6/c1-4-5-8-24-15(19)11-6-7-12-13(9-11)18(22)14(16(20)23-3)10(2)17(12)21/h6-7,9H,4-5,8H2,1-3H3. The first-order chi connectivity index (χ1) is 11.4. The van der Waals surface area contributed by atoms with E-state index in [9.17, 15) is 20.0 Å². The molecule has 2 aromatic rings. The van der Waals surface area contributed by atoms with Crippen molar-refractivity contribution in [2.75, 3.05) is 13.7 Å².